The second-order valence-electron chi connectivity index (χ2n) is 10.2. The van der Waals surface area contributed by atoms with Crippen LogP contribution in [0.2, 0.25) is 0 Å². The number of aromatic nitrogens is 2. The minimum atomic E-state index is 0.621. The zero-order chi connectivity index (χ0) is 27.9. The summed E-state index contributed by atoms with van der Waals surface area (Å²) in [5.41, 5.74) is 8.92. The van der Waals surface area contributed by atoms with Gasteiger partial charge in [0.05, 0.1) is 12.4 Å². The van der Waals surface area contributed by atoms with Crippen molar-refractivity contribution in [2.45, 2.75) is 0 Å². The smallest absolute Gasteiger partial charge is 0.225 e. The lowest BCUT2D eigenvalue weighted by atomic mass is 9.87. The Morgan fingerprint density at radius 1 is 0.357 bits per heavy atom. The molecule has 2 aromatic heterocycles. The SMILES string of the molecule is c1cc(-c2ncco2)cc(-c2ccc(-c3ccc(-c4cccc(-c5ncco5)c4)c4ccccc34)c3ccccc23)c1. The summed E-state index contributed by atoms with van der Waals surface area (Å²) in [4.78, 5) is 8.68. The molecule has 2 heterocycles. The molecule has 6 aromatic carbocycles. The van der Waals surface area contributed by atoms with Crippen LogP contribution in [0.15, 0.2) is 155 Å². The van der Waals surface area contributed by atoms with E-state index in [1.165, 1.54) is 43.8 Å². The summed E-state index contributed by atoms with van der Waals surface area (Å²) in [6.07, 6.45) is 6.56. The van der Waals surface area contributed by atoms with E-state index >= 15 is 0 Å². The quantitative estimate of drug-likeness (QED) is 0.218. The average molecular weight is 541 g/mol. The molecule has 0 aliphatic carbocycles. The van der Waals surface area contributed by atoms with Gasteiger partial charge in [-0.05, 0) is 79.2 Å². The molecular formula is C38H24N2O2. The molecule has 8 aromatic rings. The van der Waals surface area contributed by atoms with Gasteiger partial charge in [0, 0.05) is 11.1 Å². The second-order valence-corrected chi connectivity index (χ2v) is 10.2. The Bertz CT molecular complexity index is 2040. The lowest BCUT2D eigenvalue weighted by Gasteiger charge is -2.16. The predicted octanol–water partition coefficient (Wildman–Crippen LogP) is 10.3. The van der Waals surface area contributed by atoms with Crippen LogP contribution in [0.1, 0.15) is 0 Å². The number of fused-ring (bicyclic) bond motifs is 2. The van der Waals surface area contributed by atoms with Crippen LogP contribution < -0.4 is 0 Å². The molecule has 0 fully saturated rings. The first kappa shape index (κ1) is 24.1. The van der Waals surface area contributed by atoms with Gasteiger partial charge in [0.1, 0.15) is 12.5 Å². The molecule has 8 rings (SSSR count). The number of rotatable bonds is 5. The Hall–Kier alpha value is -5.74. The van der Waals surface area contributed by atoms with E-state index in [9.17, 15) is 0 Å². The second kappa shape index (κ2) is 10.0. The number of benzene rings is 6. The molecule has 4 heteroatoms. The van der Waals surface area contributed by atoms with E-state index in [2.05, 4.69) is 119 Å². The first-order valence-corrected chi connectivity index (χ1v) is 13.9. The lowest BCUT2D eigenvalue weighted by Crippen LogP contribution is -1.90. The number of hydrogen-bond donors (Lipinski definition) is 0. The summed E-state index contributed by atoms with van der Waals surface area (Å²) in [5, 5.41) is 4.82. The minimum absolute atomic E-state index is 0.621. The van der Waals surface area contributed by atoms with Gasteiger partial charge in [0.25, 0.3) is 0 Å². The van der Waals surface area contributed by atoms with Crippen LogP contribution in [0.4, 0.5) is 0 Å². The maximum Gasteiger partial charge on any atom is 0.225 e. The molecule has 0 bridgehead atoms. The first-order chi connectivity index (χ1) is 20.8. The van der Waals surface area contributed by atoms with Gasteiger partial charge in [0.15, 0.2) is 0 Å². The zero-order valence-electron chi connectivity index (χ0n) is 22.6. The van der Waals surface area contributed by atoms with Crippen molar-refractivity contribution < 1.29 is 8.83 Å². The molecule has 0 saturated heterocycles. The van der Waals surface area contributed by atoms with Crippen molar-refractivity contribution in [3.05, 3.63) is 146 Å². The van der Waals surface area contributed by atoms with Gasteiger partial charge in [-0.2, -0.15) is 0 Å². The normalized spacial score (nSPS) is 11.3. The van der Waals surface area contributed by atoms with E-state index in [-0.39, 0.29) is 0 Å². The van der Waals surface area contributed by atoms with Crippen LogP contribution in [-0.2, 0) is 0 Å². The summed E-state index contributed by atoms with van der Waals surface area (Å²) >= 11 is 0. The highest BCUT2D eigenvalue weighted by Gasteiger charge is 2.15. The molecule has 0 saturated carbocycles. The van der Waals surface area contributed by atoms with Crippen molar-refractivity contribution in [1.29, 1.82) is 0 Å². The number of nitrogens with zero attached hydrogens (tertiary/aromatic N) is 2. The standard InChI is InChI=1S/C38H24N2O2/c1-3-13-33-31(11-1)29(25-7-5-9-27(23-25)37-39-19-21-41-37)15-17-35(33)36-18-16-30(32-12-2-4-14-34(32)36)26-8-6-10-28(24-26)38-40-20-22-42-38/h1-24H. The fourth-order valence-corrected chi connectivity index (χ4v) is 5.94. The summed E-state index contributed by atoms with van der Waals surface area (Å²) in [6.45, 7) is 0. The van der Waals surface area contributed by atoms with Crippen LogP contribution >= 0.6 is 0 Å². The van der Waals surface area contributed by atoms with Crippen molar-refractivity contribution >= 4 is 21.5 Å². The third-order valence-electron chi connectivity index (χ3n) is 7.84. The summed E-state index contributed by atoms with van der Waals surface area (Å²) in [5.74, 6) is 1.24. The molecule has 198 valence electrons. The van der Waals surface area contributed by atoms with Crippen molar-refractivity contribution in [3.8, 4) is 56.3 Å². The van der Waals surface area contributed by atoms with Gasteiger partial charge in [-0.3, -0.25) is 0 Å². The summed E-state index contributed by atoms with van der Waals surface area (Å²) in [6, 6.07) is 43.0. The highest BCUT2D eigenvalue weighted by atomic mass is 16.3. The molecule has 4 nitrogen and oxygen atoms in total. The van der Waals surface area contributed by atoms with Gasteiger partial charge in [-0.25, -0.2) is 9.97 Å². The zero-order valence-corrected chi connectivity index (χ0v) is 22.6. The van der Waals surface area contributed by atoms with E-state index in [0.29, 0.717) is 11.8 Å². The Kier molecular flexibility index (Phi) is 5.75. The Morgan fingerprint density at radius 3 is 1.14 bits per heavy atom. The summed E-state index contributed by atoms with van der Waals surface area (Å²) in [7, 11) is 0. The maximum atomic E-state index is 5.56. The largest absolute Gasteiger partial charge is 0.445 e. The molecule has 0 atom stereocenters. The molecule has 0 spiro atoms. The van der Waals surface area contributed by atoms with Crippen LogP contribution in [0.3, 0.4) is 0 Å². The molecular weight excluding hydrogens is 516 g/mol. The molecule has 0 N–H and O–H groups in total. The molecule has 0 amide bonds. The topological polar surface area (TPSA) is 52.1 Å². The first-order valence-electron chi connectivity index (χ1n) is 13.9. The monoisotopic (exact) mass is 540 g/mol. The van der Waals surface area contributed by atoms with Gasteiger partial charge in [-0.15, -0.1) is 0 Å². The molecule has 42 heavy (non-hydrogen) atoms. The maximum absolute atomic E-state index is 5.56. The van der Waals surface area contributed by atoms with E-state index in [0.717, 1.165) is 22.3 Å². The van der Waals surface area contributed by atoms with Crippen LogP contribution in [0.25, 0.3) is 77.8 Å². The Morgan fingerprint density at radius 2 is 0.738 bits per heavy atom. The fourth-order valence-electron chi connectivity index (χ4n) is 5.94. The molecule has 0 unspecified atom stereocenters. The highest BCUT2D eigenvalue weighted by molar-refractivity contribution is 6.12. The Labute approximate surface area is 242 Å². The van der Waals surface area contributed by atoms with Crippen LogP contribution in [-0.4, -0.2) is 9.97 Å². The lowest BCUT2D eigenvalue weighted by molar-refractivity contribution is 0.574. The molecule has 0 radical (unpaired) electrons. The molecule has 0 aliphatic rings. The predicted molar refractivity (Wildman–Crippen MR) is 169 cm³/mol. The van der Waals surface area contributed by atoms with Gasteiger partial charge in [-0.1, -0.05) is 97.1 Å². The van der Waals surface area contributed by atoms with Crippen molar-refractivity contribution in [3.63, 3.8) is 0 Å². The van der Waals surface area contributed by atoms with Crippen molar-refractivity contribution in [1.82, 2.24) is 9.97 Å². The fraction of sp³-hybridized carbons (Fsp3) is 0. The van der Waals surface area contributed by atoms with E-state index in [1.807, 2.05) is 12.1 Å². The van der Waals surface area contributed by atoms with Gasteiger partial charge in [0.2, 0.25) is 11.8 Å². The van der Waals surface area contributed by atoms with E-state index in [1.54, 1.807) is 24.9 Å². The molecule has 0 aliphatic heterocycles. The highest BCUT2D eigenvalue weighted by Crippen LogP contribution is 2.41. The number of oxazole rings is 2. The third kappa shape index (κ3) is 4.09. The third-order valence-corrected chi connectivity index (χ3v) is 7.84. The average Bonchev–Trinajstić information content (AvgIpc) is 3.80. The number of hydrogen-bond acceptors (Lipinski definition) is 4. The van der Waals surface area contributed by atoms with Gasteiger partial charge < -0.3 is 8.83 Å². The van der Waals surface area contributed by atoms with Crippen molar-refractivity contribution in [2.75, 3.05) is 0 Å². The van der Waals surface area contributed by atoms with Crippen LogP contribution in [0.5, 0.6) is 0 Å². The van der Waals surface area contributed by atoms with E-state index in [4.69, 9.17) is 8.83 Å². The Balaban J connectivity index is 1.28. The van der Waals surface area contributed by atoms with Gasteiger partial charge >= 0.3 is 0 Å². The minimum Gasteiger partial charge on any atom is -0.445 e. The van der Waals surface area contributed by atoms with Crippen molar-refractivity contribution in [2.24, 2.45) is 0 Å². The summed E-state index contributed by atoms with van der Waals surface area (Å²) < 4.78 is 11.1. The van der Waals surface area contributed by atoms with E-state index < -0.39 is 0 Å². The van der Waals surface area contributed by atoms with Crippen LogP contribution in [0, 0.1) is 0 Å².